The minimum atomic E-state index is 0.112. The normalized spacial score (nSPS) is 11.7. The lowest BCUT2D eigenvalue weighted by molar-refractivity contribution is 0.103. The van der Waals surface area contributed by atoms with E-state index in [0.29, 0.717) is 5.92 Å². The van der Waals surface area contributed by atoms with Gasteiger partial charge in [0, 0.05) is 5.56 Å². The largest absolute Gasteiger partial charge is 0.289 e. The van der Waals surface area contributed by atoms with Crippen LogP contribution in [0.3, 0.4) is 0 Å². The van der Waals surface area contributed by atoms with Gasteiger partial charge in [0.25, 0.3) is 0 Å². The fraction of sp³-hybridized carbons (Fsp3) is 0.250. The van der Waals surface area contributed by atoms with Gasteiger partial charge in [-0.25, -0.2) is 0 Å². The molecule has 0 saturated carbocycles. The van der Waals surface area contributed by atoms with Gasteiger partial charge in [0.2, 0.25) is 0 Å². The molecule has 0 saturated heterocycles. The molecule has 1 nitrogen and oxygen atoms in total. The second-order valence-corrected chi connectivity index (χ2v) is 5.68. The Morgan fingerprint density at radius 2 is 1.62 bits per heavy atom. The second-order valence-electron chi connectivity index (χ2n) is 5.68. The van der Waals surface area contributed by atoms with Crippen molar-refractivity contribution in [2.75, 3.05) is 0 Å². The number of ketones is 1. The molecule has 0 radical (unpaired) electrons. The molecular formula is C20H22O. The van der Waals surface area contributed by atoms with Crippen molar-refractivity contribution in [2.24, 2.45) is 0 Å². The Morgan fingerprint density at radius 1 is 1.00 bits per heavy atom. The summed E-state index contributed by atoms with van der Waals surface area (Å²) in [5.74, 6) is 0.602. The summed E-state index contributed by atoms with van der Waals surface area (Å²) in [6, 6.07) is 18.1. The third kappa shape index (κ3) is 4.16. The van der Waals surface area contributed by atoms with Crippen molar-refractivity contribution in [1.29, 1.82) is 0 Å². The summed E-state index contributed by atoms with van der Waals surface area (Å²) in [6.07, 6.45) is 2.80. The summed E-state index contributed by atoms with van der Waals surface area (Å²) < 4.78 is 0. The first-order valence-corrected chi connectivity index (χ1v) is 7.43. The molecule has 0 aliphatic carbocycles. The van der Waals surface area contributed by atoms with Crippen LogP contribution in [0.15, 0.2) is 66.2 Å². The van der Waals surface area contributed by atoms with E-state index in [9.17, 15) is 4.79 Å². The van der Waals surface area contributed by atoms with Crippen LogP contribution in [0.25, 0.3) is 0 Å². The zero-order chi connectivity index (χ0) is 15.2. The lowest BCUT2D eigenvalue weighted by Crippen LogP contribution is -2.01. The van der Waals surface area contributed by atoms with E-state index in [1.54, 1.807) is 0 Å². The predicted molar refractivity (Wildman–Crippen MR) is 88.8 cm³/mol. The highest BCUT2D eigenvalue weighted by atomic mass is 16.1. The zero-order valence-corrected chi connectivity index (χ0v) is 13.0. The standard InChI is InChI=1S/C20H22O/c1-15(2)18-11-13-19(14-12-18)20(21)16(3)9-10-17-7-5-4-6-8-17/h4-9,11-15H,10H2,1-3H3/b16-9+. The molecule has 0 N–H and O–H groups in total. The van der Waals surface area contributed by atoms with Crippen LogP contribution in [0, 0.1) is 0 Å². The molecule has 0 unspecified atom stereocenters. The Hall–Kier alpha value is -2.15. The highest BCUT2D eigenvalue weighted by Gasteiger charge is 2.08. The number of hydrogen-bond donors (Lipinski definition) is 0. The number of rotatable bonds is 5. The highest BCUT2D eigenvalue weighted by Crippen LogP contribution is 2.16. The third-order valence-corrected chi connectivity index (χ3v) is 3.68. The first-order valence-electron chi connectivity index (χ1n) is 7.43. The van der Waals surface area contributed by atoms with E-state index in [2.05, 4.69) is 26.0 Å². The van der Waals surface area contributed by atoms with Crippen molar-refractivity contribution in [3.63, 3.8) is 0 Å². The van der Waals surface area contributed by atoms with Crippen molar-refractivity contribution in [3.05, 3.63) is 82.9 Å². The Morgan fingerprint density at radius 3 is 2.19 bits per heavy atom. The molecule has 0 amide bonds. The van der Waals surface area contributed by atoms with Gasteiger partial charge < -0.3 is 0 Å². The van der Waals surface area contributed by atoms with Crippen LogP contribution in [0.1, 0.15) is 48.2 Å². The lowest BCUT2D eigenvalue weighted by atomic mass is 9.98. The van der Waals surface area contributed by atoms with Crippen molar-refractivity contribution in [1.82, 2.24) is 0 Å². The number of carbonyl (C=O) groups is 1. The molecule has 21 heavy (non-hydrogen) atoms. The van der Waals surface area contributed by atoms with Crippen molar-refractivity contribution in [2.45, 2.75) is 33.1 Å². The smallest absolute Gasteiger partial charge is 0.188 e. The SMILES string of the molecule is C/C(=C\Cc1ccccc1)C(=O)c1ccc(C(C)C)cc1. The molecule has 0 aliphatic rings. The van der Waals surface area contributed by atoms with Gasteiger partial charge in [-0.1, -0.05) is 74.5 Å². The molecule has 1 heteroatoms. The molecule has 2 rings (SSSR count). The molecule has 0 bridgehead atoms. The van der Waals surface area contributed by atoms with Crippen LogP contribution in [0.5, 0.6) is 0 Å². The van der Waals surface area contributed by atoms with E-state index in [-0.39, 0.29) is 5.78 Å². The van der Waals surface area contributed by atoms with E-state index in [1.165, 1.54) is 11.1 Å². The van der Waals surface area contributed by atoms with E-state index >= 15 is 0 Å². The molecule has 0 atom stereocenters. The number of benzene rings is 2. The van der Waals surface area contributed by atoms with Crippen LogP contribution in [-0.4, -0.2) is 5.78 Å². The fourth-order valence-corrected chi connectivity index (χ4v) is 2.22. The summed E-state index contributed by atoms with van der Waals surface area (Å²) in [6.45, 7) is 6.20. The summed E-state index contributed by atoms with van der Waals surface area (Å²) in [7, 11) is 0. The Bertz CT molecular complexity index is 619. The van der Waals surface area contributed by atoms with Crippen molar-refractivity contribution in [3.8, 4) is 0 Å². The minimum absolute atomic E-state index is 0.112. The maximum absolute atomic E-state index is 12.4. The van der Waals surface area contributed by atoms with Gasteiger partial charge in [-0.3, -0.25) is 4.79 Å². The summed E-state index contributed by atoms with van der Waals surface area (Å²) in [5, 5.41) is 0. The number of Topliss-reactive ketones (excluding diaryl/α,β-unsaturated/α-hetero) is 1. The average molecular weight is 278 g/mol. The van der Waals surface area contributed by atoms with E-state index in [1.807, 2.05) is 55.5 Å². The quantitative estimate of drug-likeness (QED) is 0.544. The first-order chi connectivity index (χ1) is 10.1. The fourth-order valence-electron chi connectivity index (χ4n) is 2.22. The van der Waals surface area contributed by atoms with E-state index < -0.39 is 0 Å². The molecule has 2 aromatic rings. The molecule has 108 valence electrons. The molecule has 2 aromatic carbocycles. The topological polar surface area (TPSA) is 17.1 Å². The third-order valence-electron chi connectivity index (χ3n) is 3.68. The molecular weight excluding hydrogens is 256 g/mol. The van der Waals surface area contributed by atoms with Gasteiger partial charge in [0.15, 0.2) is 5.78 Å². The minimum Gasteiger partial charge on any atom is -0.289 e. The molecule has 0 spiro atoms. The molecule has 0 heterocycles. The zero-order valence-electron chi connectivity index (χ0n) is 13.0. The van der Waals surface area contributed by atoms with E-state index in [0.717, 1.165) is 17.6 Å². The van der Waals surface area contributed by atoms with Crippen LogP contribution in [0.2, 0.25) is 0 Å². The molecule has 0 aliphatic heterocycles. The van der Waals surface area contributed by atoms with Crippen LogP contribution in [-0.2, 0) is 6.42 Å². The van der Waals surface area contributed by atoms with Crippen LogP contribution in [0.4, 0.5) is 0 Å². The average Bonchev–Trinajstić information content (AvgIpc) is 2.53. The predicted octanol–water partition coefficient (Wildman–Crippen LogP) is 5.18. The van der Waals surface area contributed by atoms with Gasteiger partial charge >= 0.3 is 0 Å². The maximum atomic E-state index is 12.4. The number of hydrogen-bond acceptors (Lipinski definition) is 1. The van der Waals surface area contributed by atoms with Crippen LogP contribution >= 0.6 is 0 Å². The van der Waals surface area contributed by atoms with Gasteiger partial charge in [-0.2, -0.15) is 0 Å². The Labute approximate surface area is 127 Å². The highest BCUT2D eigenvalue weighted by molar-refractivity contribution is 6.08. The van der Waals surface area contributed by atoms with Gasteiger partial charge in [0.05, 0.1) is 0 Å². The molecule has 0 fully saturated rings. The summed E-state index contributed by atoms with van der Waals surface area (Å²) in [4.78, 5) is 12.4. The van der Waals surface area contributed by atoms with Crippen LogP contribution < -0.4 is 0 Å². The number of carbonyl (C=O) groups excluding carboxylic acids is 1. The molecule has 0 aromatic heterocycles. The Kier molecular flexibility index (Phi) is 5.10. The van der Waals surface area contributed by atoms with Crippen molar-refractivity contribution >= 4 is 5.78 Å². The van der Waals surface area contributed by atoms with Gasteiger partial charge in [-0.05, 0) is 36.0 Å². The first kappa shape index (κ1) is 15.2. The number of allylic oxidation sites excluding steroid dienone is 2. The van der Waals surface area contributed by atoms with Gasteiger partial charge in [0.1, 0.15) is 0 Å². The second kappa shape index (κ2) is 7.03. The van der Waals surface area contributed by atoms with Crippen molar-refractivity contribution < 1.29 is 4.79 Å². The maximum Gasteiger partial charge on any atom is 0.188 e. The summed E-state index contributed by atoms with van der Waals surface area (Å²) in [5.41, 5.74) is 4.05. The lowest BCUT2D eigenvalue weighted by Gasteiger charge is -2.07. The van der Waals surface area contributed by atoms with E-state index in [4.69, 9.17) is 0 Å². The monoisotopic (exact) mass is 278 g/mol. The summed E-state index contributed by atoms with van der Waals surface area (Å²) >= 11 is 0. The Balaban J connectivity index is 2.08. The van der Waals surface area contributed by atoms with Gasteiger partial charge in [-0.15, -0.1) is 0 Å².